The number of rotatable bonds is 4. The molecule has 90 valence electrons. The van der Waals surface area contributed by atoms with Crippen LogP contribution >= 0.6 is 11.3 Å². The summed E-state index contributed by atoms with van der Waals surface area (Å²) in [4.78, 5) is 3.99. The fourth-order valence-corrected chi connectivity index (χ4v) is 3.45. The fraction of sp³-hybridized carbons (Fsp3) is 0.182. The Kier molecular flexibility index (Phi) is 3.44. The summed E-state index contributed by atoms with van der Waals surface area (Å²) in [6.45, 7) is 0. The minimum Gasteiger partial charge on any atom is -0.248 e. The second-order valence-electron chi connectivity index (χ2n) is 3.52. The van der Waals surface area contributed by atoms with Gasteiger partial charge in [0, 0.05) is 18.6 Å². The molecule has 0 aliphatic carbocycles. The highest BCUT2D eigenvalue weighted by atomic mass is 32.2. The molecule has 0 fully saturated rings. The van der Waals surface area contributed by atoms with E-state index >= 15 is 0 Å². The molecule has 4 nitrogen and oxygen atoms in total. The van der Waals surface area contributed by atoms with E-state index in [-0.39, 0.29) is 5.75 Å². The fourth-order valence-electron chi connectivity index (χ4n) is 1.37. The number of aromatic nitrogens is 1. The standard InChI is InChI=1S/C11H12N2O2S2/c1-13(11-12-7-8-16-11)17(14,15)9-10-5-3-2-4-6-10/h2-8H,9H2,1H3. The van der Waals surface area contributed by atoms with E-state index < -0.39 is 10.0 Å². The van der Waals surface area contributed by atoms with Gasteiger partial charge in [0.2, 0.25) is 10.0 Å². The lowest BCUT2D eigenvalue weighted by atomic mass is 10.2. The molecule has 0 aliphatic heterocycles. The number of benzene rings is 1. The number of nitrogens with zero attached hydrogens (tertiary/aromatic N) is 2. The molecular formula is C11H12N2O2S2. The second kappa shape index (κ2) is 4.85. The summed E-state index contributed by atoms with van der Waals surface area (Å²) in [6.07, 6.45) is 1.59. The molecule has 0 saturated heterocycles. The second-order valence-corrected chi connectivity index (χ2v) is 6.40. The van der Waals surface area contributed by atoms with Gasteiger partial charge in [0.1, 0.15) is 0 Å². The van der Waals surface area contributed by atoms with Crippen LogP contribution in [-0.4, -0.2) is 20.4 Å². The minimum atomic E-state index is -3.36. The number of hydrogen-bond acceptors (Lipinski definition) is 4. The van der Waals surface area contributed by atoms with Crippen LogP contribution < -0.4 is 4.31 Å². The molecular weight excluding hydrogens is 256 g/mol. The van der Waals surface area contributed by atoms with Crippen molar-refractivity contribution in [3.05, 3.63) is 47.5 Å². The lowest BCUT2D eigenvalue weighted by Crippen LogP contribution is -2.27. The summed E-state index contributed by atoms with van der Waals surface area (Å²) >= 11 is 1.30. The third-order valence-corrected chi connectivity index (χ3v) is 4.97. The van der Waals surface area contributed by atoms with Crippen molar-refractivity contribution in [2.45, 2.75) is 5.75 Å². The third-order valence-electron chi connectivity index (χ3n) is 2.30. The zero-order chi connectivity index (χ0) is 12.3. The van der Waals surface area contributed by atoms with Crippen molar-refractivity contribution < 1.29 is 8.42 Å². The van der Waals surface area contributed by atoms with Crippen molar-refractivity contribution in [3.63, 3.8) is 0 Å². The van der Waals surface area contributed by atoms with Gasteiger partial charge in [0.25, 0.3) is 0 Å². The van der Waals surface area contributed by atoms with E-state index in [9.17, 15) is 8.42 Å². The van der Waals surface area contributed by atoms with Crippen LogP contribution in [0.4, 0.5) is 5.13 Å². The van der Waals surface area contributed by atoms with Gasteiger partial charge < -0.3 is 0 Å². The largest absolute Gasteiger partial charge is 0.248 e. The Morgan fingerprint density at radius 1 is 1.29 bits per heavy atom. The molecule has 0 bridgehead atoms. The predicted molar refractivity (Wildman–Crippen MR) is 69.6 cm³/mol. The predicted octanol–water partition coefficient (Wildman–Crippen LogP) is 2.11. The molecule has 1 aromatic heterocycles. The average Bonchev–Trinajstić information content (AvgIpc) is 2.82. The highest BCUT2D eigenvalue weighted by molar-refractivity contribution is 7.92. The number of anilines is 1. The summed E-state index contributed by atoms with van der Waals surface area (Å²) in [6, 6.07) is 9.11. The van der Waals surface area contributed by atoms with Gasteiger partial charge in [-0.05, 0) is 5.56 Å². The van der Waals surface area contributed by atoms with E-state index in [1.807, 2.05) is 18.2 Å². The van der Waals surface area contributed by atoms with Crippen molar-refractivity contribution >= 4 is 26.5 Å². The van der Waals surface area contributed by atoms with E-state index in [1.54, 1.807) is 23.7 Å². The molecule has 1 aromatic carbocycles. The molecule has 0 spiro atoms. The Bertz CT molecular complexity index is 565. The number of sulfonamides is 1. The van der Waals surface area contributed by atoms with Gasteiger partial charge >= 0.3 is 0 Å². The van der Waals surface area contributed by atoms with Gasteiger partial charge in [0.15, 0.2) is 5.13 Å². The Balaban J connectivity index is 2.20. The smallest absolute Gasteiger partial charge is 0.240 e. The molecule has 1 heterocycles. The summed E-state index contributed by atoms with van der Waals surface area (Å²) in [5, 5.41) is 2.24. The summed E-state index contributed by atoms with van der Waals surface area (Å²) in [5.74, 6) is -0.0100. The maximum Gasteiger partial charge on any atom is 0.240 e. The molecule has 0 saturated carbocycles. The highest BCUT2D eigenvalue weighted by Crippen LogP contribution is 2.20. The minimum absolute atomic E-state index is 0.0100. The van der Waals surface area contributed by atoms with Gasteiger partial charge in [-0.1, -0.05) is 30.3 Å². The van der Waals surface area contributed by atoms with Crippen LogP contribution in [0.25, 0.3) is 0 Å². The van der Waals surface area contributed by atoms with Crippen molar-refractivity contribution in [1.29, 1.82) is 0 Å². The van der Waals surface area contributed by atoms with Gasteiger partial charge in [-0.3, -0.25) is 0 Å². The maximum atomic E-state index is 12.1. The Hall–Kier alpha value is -1.40. The average molecular weight is 268 g/mol. The van der Waals surface area contributed by atoms with Crippen LogP contribution in [0.5, 0.6) is 0 Å². The Morgan fingerprint density at radius 3 is 2.59 bits per heavy atom. The first-order valence-electron chi connectivity index (χ1n) is 4.99. The topological polar surface area (TPSA) is 50.3 Å². The Morgan fingerprint density at radius 2 is 2.00 bits per heavy atom. The van der Waals surface area contributed by atoms with Crippen LogP contribution in [0.3, 0.4) is 0 Å². The first kappa shape index (κ1) is 12.1. The van der Waals surface area contributed by atoms with E-state index in [0.717, 1.165) is 5.56 Å². The SMILES string of the molecule is CN(c1nccs1)S(=O)(=O)Cc1ccccc1. The summed E-state index contributed by atoms with van der Waals surface area (Å²) in [7, 11) is -1.83. The van der Waals surface area contributed by atoms with Gasteiger partial charge in [0.05, 0.1) is 5.75 Å². The molecule has 2 rings (SSSR count). The van der Waals surface area contributed by atoms with Crippen molar-refractivity contribution in [2.24, 2.45) is 0 Å². The molecule has 0 amide bonds. The summed E-state index contributed by atoms with van der Waals surface area (Å²) in [5.41, 5.74) is 0.774. The lowest BCUT2D eigenvalue weighted by molar-refractivity contribution is 0.593. The van der Waals surface area contributed by atoms with Crippen molar-refractivity contribution in [1.82, 2.24) is 4.98 Å². The monoisotopic (exact) mass is 268 g/mol. The Labute approximate surface area is 105 Å². The van der Waals surface area contributed by atoms with E-state index in [0.29, 0.717) is 5.13 Å². The maximum absolute atomic E-state index is 12.1. The molecule has 0 unspecified atom stereocenters. The van der Waals surface area contributed by atoms with Gasteiger partial charge in [-0.2, -0.15) is 0 Å². The zero-order valence-electron chi connectivity index (χ0n) is 9.28. The molecule has 17 heavy (non-hydrogen) atoms. The van der Waals surface area contributed by atoms with E-state index in [4.69, 9.17) is 0 Å². The molecule has 6 heteroatoms. The van der Waals surface area contributed by atoms with E-state index in [1.165, 1.54) is 22.7 Å². The summed E-state index contributed by atoms with van der Waals surface area (Å²) < 4.78 is 25.4. The van der Waals surface area contributed by atoms with Crippen LogP contribution in [-0.2, 0) is 15.8 Å². The van der Waals surface area contributed by atoms with Crippen LogP contribution in [0.1, 0.15) is 5.56 Å². The molecule has 2 aromatic rings. The van der Waals surface area contributed by atoms with Crippen molar-refractivity contribution in [2.75, 3.05) is 11.4 Å². The molecule has 0 N–H and O–H groups in total. The van der Waals surface area contributed by atoms with Gasteiger partial charge in [-0.15, -0.1) is 11.3 Å². The number of thiazole rings is 1. The molecule has 0 aliphatic rings. The first-order valence-corrected chi connectivity index (χ1v) is 7.48. The van der Waals surface area contributed by atoms with Gasteiger partial charge in [-0.25, -0.2) is 17.7 Å². The van der Waals surface area contributed by atoms with Crippen LogP contribution in [0.2, 0.25) is 0 Å². The first-order chi connectivity index (χ1) is 8.09. The third kappa shape index (κ3) is 2.83. The van der Waals surface area contributed by atoms with Crippen molar-refractivity contribution in [3.8, 4) is 0 Å². The quantitative estimate of drug-likeness (QED) is 0.853. The molecule has 0 atom stereocenters. The van der Waals surface area contributed by atoms with E-state index in [2.05, 4.69) is 4.98 Å². The number of hydrogen-bond donors (Lipinski definition) is 0. The zero-order valence-corrected chi connectivity index (χ0v) is 10.9. The highest BCUT2D eigenvalue weighted by Gasteiger charge is 2.20. The van der Waals surface area contributed by atoms with Crippen LogP contribution in [0, 0.1) is 0 Å². The normalized spacial score (nSPS) is 11.4. The molecule has 0 radical (unpaired) electrons. The lowest BCUT2D eigenvalue weighted by Gasteiger charge is -2.15. The van der Waals surface area contributed by atoms with Crippen LogP contribution in [0.15, 0.2) is 41.9 Å².